The molecule has 1 aromatic heterocycles. The lowest BCUT2D eigenvalue weighted by Crippen LogP contribution is -2.41. The van der Waals surface area contributed by atoms with E-state index in [9.17, 15) is 36.3 Å². The van der Waals surface area contributed by atoms with Crippen molar-refractivity contribution in [2.24, 2.45) is 13.0 Å². The predicted molar refractivity (Wildman–Crippen MR) is 164 cm³/mol. The first-order valence-electron chi connectivity index (χ1n) is 14.3. The fourth-order valence-corrected chi connectivity index (χ4v) is 4.74. The number of nitrogens with zero attached hydrogens (tertiary/aromatic N) is 3. The first kappa shape index (κ1) is 38.2. The van der Waals surface area contributed by atoms with Crippen molar-refractivity contribution in [3.05, 3.63) is 64.6 Å². The van der Waals surface area contributed by atoms with Gasteiger partial charge in [-0.25, -0.2) is 14.2 Å². The van der Waals surface area contributed by atoms with Gasteiger partial charge in [-0.05, 0) is 56.3 Å². The Kier molecular flexibility index (Phi) is 13.4. The number of carboxylic acid groups (broad SMARTS) is 1. The summed E-state index contributed by atoms with van der Waals surface area (Å²) in [5.74, 6) is -6.90. The van der Waals surface area contributed by atoms with Crippen molar-refractivity contribution in [2.45, 2.75) is 19.0 Å². The number of aliphatic carboxylic acids is 1. The Morgan fingerprint density at radius 3 is 2.35 bits per heavy atom. The summed E-state index contributed by atoms with van der Waals surface area (Å²) < 4.78 is 67.0. The number of carbonyl (C=O) groups is 4. The third-order valence-corrected chi connectivity index (χ3v) is 7.25. The molecule has 19 heteroatoms. The SMILES string of the molecule is Cn1c(-c2ccc(OCC#N)c(F)c2F)cnc1C(=O)Nc1ccc(C(=O)NCCNC(=O)C2CCNCC2)c(Cl)c1.O=C(O)C(F)(F)F. The van der Waals surface area contributed by atoms with E-state index in [-0.39, 0.29) is 58.3 Å². The normalized spacial score (nSPS) is 12.9. The standard InChI is InChI=1S/C28H28ClF2N7O4.C2HF3O2/c1-38-21(19-4-5-22(42-13-8-32)24(31)23(19)30)15-36-25(38)28(41)37-17-2-3-18(20(29)14-17)27(40)35-12-11-34-26(39)16-6-9-33-10-7-16;3-2(4,5)1(6)7/h2-5,14-16,33H,6-7,9-13H2,1H3,(H,34,39)(H,35,40)(H,37,41);(H,6,7). The second kappa shape index (κ2) is 17.2. The van der Waals surface area contributed by atoms with Crippen molar-refractivity contribution in [1.29, 1.82) is 5.26 Å². The topological polar surface area (TPSA) is 187 Å². The maximum absolute atomic E-state index is 14.7. The van der Waals surface area contributed by atoms with Gasteiger partial charge in [0.1, 0.15) is 6.07 Å². The molecule has 0 saturated carbocycles. The van der Waals surface area contributed by atoms with E-state index in [1.54, 1.807) is 6.07 Å². The minimum Gasteiger partial charge on any atom is -0.476 e. The second-order valence-electron chi connectivity index (χ2n) is 10.2. The Morgan fingerprint density at radius 2 is 1.73 bits per heavy atom. The smallest absolute Gasteiger partial charge is 0.476 e. The number of nitrogens with one attached hydrogen (secondary N) is 4. The van der Waals surface area contributed by atoms with E-state index in [4.69, 9.17) is 31.5 Å². The van der Waals surface area contributed by atoms with Crippen LogP contribution in [0.2, 0.25) is 5.02 Å². The highest BCUT2D eigenvalue weighted by molar-refractivity contribution is 6.34. The number of nitriles is 1. The lowest BCUT2D eigenvalue weighted by Gasteiger charge is -2.21. The molecule has 1 aliphatic rings. The number of hydrogen-bond acceptors (Lipinski definition) is 8. The van der Waals surface area contributed by atoms with E-state index in [0.717, 1.165) is 25.9 Å². The van der Waals surface area contributed by atoms with E-state index in [0.29, 0.717) is 0 Å². The van der Waals surface area contributed by atoms with Gasteiger partial charge in [-0.1, -0.05) is 11.6 Å². The van der Waals surface area contributed by atoms with E-state index < -0.39 is 48.0 Å². The number of benzene rings is 2. The average molecular weight is 714 g/mol. The summed E-state index contributed by atoms with van der Waals surface area (Å²) in [6.45, 7) is 1.67. The van der Waals surface area contributed by atoms with Gasteiger partial charge in [-0.3, -0.25) is 14.4 Å². The lowest BCUT2D eigenvalue weighted by molar-refractivity contribution is -0.192. The molecular formula is C30H29ClF5N7O6. The maximum Gasteiger partial charge on any atom is 0.490 e. The zero-order valence-electron chi connectivity index (χ0n) is 25.6. The monoisotopic (exact) mass is 713 g/mol. The number of piperidine rings is 1. The molecule has 0 spiro atoms. The highest BCUT2D eigenvalue weighted by Gasteiger charge is 2.38. The van der Waals surface area contributed by atoms with Gasteiger partial charge in [-0.2, -0.15) is 22.8 Å². The van der Waals surface area contributed by atoms with Gasteiger partial charge in [0, 0.05) is 37.3 Å². The van der Waals surface area contributed by atoms with E-state index in [1.165, 1.54) is 48.1 Å². The van der Waals surface area contributed by atoms with Gasteiger partial charge >= 0.3 is 12.1 Å². The summed E-state index contributed by atoms with van der Waals surface area (Å²) in [5, 5.41) is 27.1. The number of aromatic nitrogens is 2. The molecule has 4 rings (SSSR count). The van der Waals surface area contributed by atoms with Crippen molar-refractivity contribution in [1.82, 2.24) is 25.5 Å². The fourth-order valence-electron chi connectivity index (χ4n) is 4.47. The Hall–Kier alpha value is -5.28. The summed E-state index contributed by atoms with van der Waals surface area (Å²) in [7, 11) is 1.46. The fraction of sp³-hybridized carbons (Fsp3) is 0.333. The van der Waals surface area contributed by atoms with E-state index in [2.05, 4.69) is 26.3 Å². The molecule has 0 bridgehead atoms. The van der Waals surface area contributed by atoms with Crippen LogP contribution in [0.25, 0.3) is 11.3 Å². The first-order chi connectivity index (χ1) is 23.1. The van der Waals surface area contributed by atoms with Crippen molar-refractivity contribution in [3.8, 4) is 23.1 Å². The van der Waals surface area contributed by atoms with Gasteiger partial charge in [0.05, 0.1) is 22.5 Å². The third kappa shape index (κ3) is 10.4. The number of amides is 3. The van der Waals surface area contributed by atoms with Crippen LogP contribution in [0.1, 0.15) is 33.8 Å². The summed E-state index contributed by atoms with van der Waals surface area (Å²) in [5.41, 5.74) is 0.422. The highest BCUT2D eigenvalue weighted by atomic mass is 35.5. The molecule has 0 radical (unpaired) electrons. The molecule has 1 aliphatic heterocycles. The minimum atomic E-state index is -5.08. The summed E-state index contributed by atoms with van der Waals surface area (Å²) >= 11 is 6.30. The van der Waals surface area contributed by atoms with E-state index >= 15 is 0 Å². The molecule has 2 heterocycles. The van der Waals surface area contributed by atoms with Crippen LogP contribution in [-0.4, -0.2) is 77.3 Å². The number of anilines is 1. The van der Waals surface area contributed by atoms with Crippen LogP contribution in [0.3, 0.4) is 0 Å². The first-order valence-corrected chi connectivity index (χ1v) is 14.7. The minimum absolute atomic E-state index is 0.0249. The molecular weight excluding hydrogens is 685 g/mol. The van der Waals surface area contributed by atoms with Crippen molar-refractivity contribution >= 4 is 41.0 Å². The maximum atomic E-state index is 14.7. The molecule has 1 fully saturated rings. The largest absolute Gasteiger partial charge is 0.490 e. The van der Waals surface area contributed by atoms with Crippen LogP contribution in [-0.2, 0) is 16.6 Å². The van der Waals surface area contributed by atoms with Crippen LogP contribution >= 0.6 is 11.6 Å². The van der Waals surface area contributed by atoms with Crippen LogP contribution < -0.4 is 26.0 Å². The van der Waals surface area contributed by atoms with Crippen LogP contribution in [0.4, 0.5) is 27.6 Å². The molecule has 3 aromatic rings. The Bertz CT molecular complexity index is 1740. The zero-order valence-corrected chi connectivity index (χ0v) is 26.3. The molecule has 5 N–H and O–H groups in total. The number of rotatable bonds is 10. The molecule has 1 saturated heterocycles. The number of halogens is 6. The molecule has 262 valence electrons. The average Bonchev–Trinajstić information content (AvgIpc) is 3.44. The van der Waals surface area contributed by atoms with Crippen LogP contribution in [0.5, 0.6) is 5.75 Å². The molecule has 3 amide bonds. The van der Waals surface area contributed by atoms with Gasteiger partial charge in [-0.15, -0.1) is 0 Å². The molecule has 49 heavy (non-hydrogen) atoms. The number of hydrogen-bond donors (Lipinski definition) is 5. The Morgan fingerprint density at radius 1 is 1.08 bits per heavy atom. The second-order valence-corrected chi connectivity index (χ2v) is 10.6. The molecule has 13 nitrogen and oxygen atoms in total. The van der Waals surface area contributed by atoms with Crippen LogP contribution in [0.15, 0.2) is 36.5 Å². The Labute approximate surface area is 280 Å². The van der Waals surface area contributed by atoms with Gasteiger partial charge in [0.2, 0.25) is 11.7 Å². The highest BCUT2D eigenvalue weighted by Crippen LogP contribution is 2.30. The summed E-state index contributed by atoms with van der Waals surface area (Å²) in [6.07, 6.45) is -2.30. The zero-order chi connectivity index (χ0) is 36.3. The number of carboxylic acids is 1. The van der Waals surface area contributed by atoms with E-state index in [1.807, 2.05) is 0 Å². The molecule has 0 atom stereocenters. The quantitative estimate of drug-likeness (QED) is 0.154. The number of carbonyl (C=O) groups excluding carboxylic acids is 3. The Balaban J connectivity index is 0.000000838. The molecule has 0 aliphatic carbocycles. The predicted octanol–water partition coefficient (Wildman–Crippen LogP) is 3.65. The number of ether oxygens (including phenoxy) is 1. The third-order valence-electron chi connectivity index (χ3n) is 6.94. The molecule has 2 aromatic carbocycles. The summed E-state index contributed by atoms with van der Waals surface area (Å²) in [6, 6.07) is 8.44. The van der Waals surface area contributed by atoms with Gasteiger partial charge in [0.15, 0.2) is 24.0 Å². The van der Waals surface area contributed by atoms with Crippen molar-refractivity contribution in [2.75, 3.05) is 38.1 Å². The number of imidazole rings is 1. The number of alkyl halides is 3. The van der Waals surface area contributed by atoms with Gasteiger partial charge < -0.3 is 35.7 Å². The lowest BCUT2D eigenvalue weighted by atomic mass is 9.97. The van der Waals surface area contributed by atoms with Crippen LogP contribution in [0, 0.1) is 28.9 Å². The van der Waals surface area contributed by atoms with Gasteiger partial charge in [0.25, 0.3) is 11.8 Å². The van der Waals surface area contributed by atoms with Crippen molar-refractivity contribution in [3.63, 3.8) is 0 Å². The molecule has 0 unspecified atom stereocenters. The van der Waals surface area contributed by atoms with Crippen molar-refractivity contribution < 1.29 is 51.0 Å². The summed E-state index contributed by atoms with van der Waals surface area (Å²) in [4.78, 5) is 50.6.